The number of carbonyl (C=O) groups excluding carboxylic acids is 2. The highest BCUT2D eigenvalue weighted by molar-refractivity contribution is 7.92. The highest BCUT2D eigenvalue weighted by Crippen LogP contribution is 2.34. The molecule has 2 aliphatic heterocycles. The molecule has 12 heteroatoms. The van der Waals surface area contributed by atoms with Crippen molar-refractivity contribution < 1.29 is 22.7 Å². The lowest BCUT2D eigenvalue weighted by molar-refractivity contribution is -0.135. The number of nitrogens with zero attached hydrogens (tertiary/aromatic N) is 3. The molecule has 43 heavy (non-hydrogen) atoms. The summed E-state index contributed by atoms with van der Waals surface area (Å²) in [6, 6.07) is 12.9. The maximum atomic E-state index is 13.3. The zero-order chi connectivity index (χ0) is 30.8. The molecule has 0 radical (unpaired) electrons. The Labute approximate surface area is 252 Å². The molecule has 4 N–H and O–H groups in total. The number of ether oxygens (including phenoxy) is 1. The van der Waals surface area contributed by atoms with E-state index >= 15 is 0 Å². The van der Waals surface area contributed by atoms with Gasteiger partial charge in [0, 0.05) is 42.2 Å². The fourth-order valence-electron chi connectivity index (χ4n) is 5.71. The second-order valence-corrected chi connectivity index (χ2v) is 13.2. The largest absolute Gasteiger partial charge is 0.477 e. The van der Waals surface area contributed by atoms with E-state index in [1.54, 1.807) is 17.0 Å². The zero-order valence-corrected chi connectivity index (χ0v) is 25.5. The minimum atomic E-state index is -4.12. The Kier molecular flexibility index (Phi) is 8.70. The molecule has 1 unspecified atom stereocenters. The van der Waals surface area contributed by atoms with E-state index in [4.69, 9.17) is 10.5 Å². The number of anilines is 1. The Hall–Kier alpha value is -4.03. The summed E-state index contributed by atoms with van der Waals surface area (Å²) in [7, 11) is -4.12. The Balaban J connectivity index is 1.53. The van der Waals surface area contributed by atoms with Crippen molar-refractivity contribution in [2.75, 3.05) is 31.0 Å². The molecule has 2 aromatic carbocycles. The number of likely N-dealkylation sites (tertiary alicyclic amines) is 1. The van der Waals surface area contributed by atoms with Gasteiger partial charge in [-0.15, -0.1) is 0 Å². The summed E-state index contributed by atoms with van der Waals surface area (Å²) < 4.78 is 35.5. The normalized spacial score (nSPS) is 18.5. The lowest BCUT2D eigenvalue weighted by Crippen LogP contribution is -2.53. The number of sulfonamides is 1. The van der Waals surface area contributed by atoms with Gasteiger partial charge < -0.3 is 20.7 Å². The van der Waals surface area contributed by atoms with E-state index in [0.717, 1.165) is 23.1 Å². The lowest BCUT2D eigenvalue weighted by atomic mass is 9.78. The van der Waals surface area contributed by atoms with Crippen LogP contribution in [0.1, 0.15) is 54.1 Å². The fourth-order valence-corrected chi connectivity index (χ4v) is 6.70. The van der Waals surface area contributed by atoms with Crippen LogP contribution < -0.4 is 20.5 Å². The van der Waals surface area contributed by atoms with E-state index in [0.29, 0.717) is 38.0 Å². The number of aryl methyl sites for hydroxylation is 2. The quantitative estimate of drug-likeness (QED) is 0.408. The highest BCUT2D eigenvalue weighted by Gasteiger charge is 2.38. The summed E-state index contributed by atoms with van der Waals surface area (Å²) in [4.78, 5) is 36.8. The third-order valence-electron chi connectivity index (χ3n) is 8.27. The Morgan fingerprint density at radius 3 is 2.49 bits per heavy atom. The van der Waals surface area contributed by atoms with Crippen LogP contribution in [0.15, 0.2) is 53.4 Å². The van der Waals surface area contributed by atoms with Gasteiger partial charge in [-0.2, -0.15) is 4.98 Å². The van der Waals surface area contributed by atoms with E-state index in [2.05, 4.69) is 20.0 Å². The summed E-state index contributed by atoms with van der Waals surface area (Å²) in [5.74, 6) is -0.402. The number of rotatable bonds is 4. The molecule has 4 bridgehead atoms. The van der Waals surface area contributed by atoms with Gasteiger partial charge in [0.05, 0.1) is 23.2 Å². The minimum Gasteiger partial charge on any atom is -0.477 e. The van der Waals surface area contributed by atoms with Crippen LogP contribution in [-0.2, 0) is 14.8 Å². The molecule has 2 aliphatic rings. The number of nitrogens with two attached hydrogens (primary N) is 1. The second-order valence-electron chi connectivity index (χ2n) is 11.5. The number of fused-ring (bicyclic) bond motifs is 4. The SMILES string of the molecule is CCCC(N)C(=O)N1CCC2(CC1)CNC(=O)c1cccc(c1)S(=O)(=O)Nc1nc(cc(-c3c(C)cccc3C)n1)OC2. The van der Waals surface area contributed by atoms with Gasteiger partial charge in [0.1, 0.15) is 0 Å². The van der Waals surface area contributed by atoms with Crippen LogP contribution in [0, 0.1) is 19.3 Å². The average molecular weight is 607 g/mol. The number of piperidine rings is 1. The van der Waals surface area contributed by atoms with Gasteiger partial charge in [-0.3, -0.25) is 9.59 Å². The molecule has 3 aromatic rings. The van der Waals surface area contributed by atoms with E-state index in [9.17, 15) is 18.0 Å². The first-order chi connectivity index (χ1) is 20.5. The van der Waals surface area contributed by atoms with Gasteiger partial charge in [-0.05, 0) is 62.4 Å². The molecule has 1 saturated heterocycles. The summed E-state index contributed by atoms with van der Waals surface area (Å²) in [5, 5.41) is 2.98. The van der Waals surface area contributed by atoms with Crippen LogP contribution in [0.2, 0.25) is 0 Å². The van der Waals surface area contributed by atoms with Crippen LogP contribution in [-0.4, -0.2) is 67.4 Å². The minimum absolute atomic E-state index is 0.0645. The number of carbonyl (C=O) groups is 2. The van der Waals surface area contributed by atoms with Crippen LogP contribution in [0.4, 0.5) is 5.95 Å². The Bertz CT molecular complexity index is 1620. The van der Waals surface area contributed by atoms with Crippen molar-refractivity contribution in [2.45, 2.75) is 57.4 Å². The molecule has 0 aliphatic carbocycles. The molecule has 1 aromatic heterocycles. The molecular formula is C31H38N6O5S. The average Bonchev–Trinajstić information content (AvgIpc) is 2.98. The molecule has 1 atom stereocenters. The predicted molar refractivity (Wildman–Crippen MR) is 163 cm³/mol. The third-order valence-corrected chi connectivity index (χ3v) is 9.60. The van der Waals surface area contributed by atoms with Gasteiger partial charge in [0.15, 0.2) is 0 Å². The van der Waals surface area contributed by atoms with Crippen molar-refractivity contribution in [3.8, 4) is 17.1 Å². The van der Waals surface area contributed by atoms with Gasteiger partial charge in [-0.25, -0.2) is 18.1 Å². The molecular weight excluding hydrogens is 568 g/mol. The van der Waals surface area contributed by atoms with Gasteiger partial charge in [0.2, 0.25) is 17.7 Å². The van der Waals surface area contributed by atoms with Crippen LogP contribution in [0.5, 0.6) is 5.88 Å². The van der Waals surface area contributed by atoms with E-state index in [1.165, 1.54) is 18.2 Å². The topological polar surface area (TPSA) is 157 Å². The maximum absolute atomic E-state index is 13.3. The monoisotopic (exact) mass is 606 g/mol. The molecule has 0 saturated carbocycles. The number of amides is 2. The van der Waals surface area contributed by atoms with Crippen molar-refractivity contribution >= 4 is 27.8 Å². The molecule has 3 heterocycles. The van der Waals surface area contributed by atoms with Crippen molar-refractivity contribution in [3.05, 3.63) is 65.2 Å². The first-order valence-electron chi connectivity index (χ1n) is 14.5. The van der Waals surface area contributed by atoms with Crippen LogP contribution in [0.3, 0.4) is 0 Å². The highest BCUT2D eigenvalue weighted by atomic mass is 32.2. The van der Waals surface area contributed by atoms with E-state index in [1.807, 2.05) is 39.0 Å². The molecule has 2 amide bonds. The zero-order valence-electron chi connectivity index (χ0n) is 24.7. The number of hydrogen-bond acceptors (Lipinski definition) is 8. The molecule has 1 fully saturated rings. The Morgan fingerprint density at radius 2 is 1.79 bits per heavy atom. The molecule has 11 nitrogen and oxygen atoms in total. The fraction of sp³-hybridized carbons (Fsp3) is 0.419. The van der Waals surface area contributed by atoms with Gasteiger partial charge >= 0.3 is 0 Å². The second kappa shape index (κ2) is 12.3. The lowest BCUT2D eigenvalue weighted by Gasteiger charge is -2.42. The molecule has 228 valence electrons. The number of nitrogens with one attached hydrogen (secondary N) is 2. The van der Waals surface area contributed by atoms with E-state index < -0.39 is 27.4 Å². The van der Waals surface area contributed by atoms with Crippen molar-refractivity contribution in [2.24, 2.45) is 11.1 Å². The number of benzene rings is 2. The summed E-state index contributed by atoms with van der Waals surface area (Å²) in [5.41, 5.74) is 9.14. The Morgan fingerprint density at radius 1 is 1.09 bits per heavy atom. The van der Waals surface area contributed by atoms with Crippen LogP contribution >= 0.6 is 0 Å². The van der Waals surface area contributed by atoms with Crippen molar-refractivity contribution in [3.63, 3.8) is 0 Å². The number of hydrogen-bond donors (Lipinski definition) is 3. The summed E-state index contributed by atoms with van der Waals surface area (Å²) in [6.07, 6.45) is 2.60. The molecule has 5 rings (SSSR count). The third kappa shape index (κ3) is 6.65. The summed E-state index contributed by atoms with van der Waals surface area (Å²) in [6.45, 7) is 7.34. The molecule has 1 spiro atoms. The first-order valence-corrected chi connectivity index (χ1v) is 16.0. The van der Waals surface area contributed by atoms with Gasteiger partial charge in [-0.1, -0.05) is 37.6 Å². The van der Waals surface area contributed by atoms with Crippen molar-refractivity contribution in [1.29, 1.82) is 0 Å². The summed E-state index contributed by atoms with van der Waals surface area (Å²) >= 11 is 0. The number of aromatic nitrogens is 2. The van der Waals surface area contributed by atoms with E-state index in [-0.39, 0.29) is 41.3 Å². The van der Waals surface area contributed by atoms with Crippen molar-refractivity contribution in [1.82, 2.24) is 20.2 Å². The smallest absolute Gasteiger partial charge is 0.264 e. The first kappa shape index (κ1) is 30.4. The van der Waals surface area contributed by atoms with Crippen LogP contribution in [0.25, 0.3) is 11.3 Å². The standard InChI is InChI=1S/C31H38N6O5S/c1-4-7-24(32)29(39)37-14-12-31(13-15-37)18-33-28(38)22-10-6-11-23(16-22)43(40,41)36-30-34-25(17-26(35-30)42-19-31)27-20(2)8-5-9-21(27)3/h5-6,8-11,16-17,24H,4,7,12-15,18-19,32H2,1-3H3,(H,33,38)(H,34,35,36). The van der Waals surface area contributed by atoms with Gasteiger partial charge in [0.25, 0.3) is 15.9 Å². The maximum Gasteiger partial charge on any atom is 0.264 e. The predicted octanol–water partition coefficient (Wildman–Crippen LogP) is 3.42.